The predicted molar refractivity (Wildman–Crippen MR) is 80.7 cm³/mol. The zero-order chi connectivity index (χ0) is 15.7. The van der Waals surface area contributed by atoms with Crippen LogP contribution < -0.4 is 0 Å². The van der Waals surface area contributed by atoms with E-state index in [4.69, 9.17) is 21.4 Å². The fourth-order valence-electron chi connectivity index (χ4n) is 2.56. The van der Waals surface area contributed by atoms with Crippen molar-refractivity contribution in [1.82, 2.24) is 4.57 Å². The number of halogens is 1. The van der Waals surface area contributed by atoms with Gasteiger partial charge in [0.25, 0.3) is 0 Å². The first-order valence-corrected chi connectivity index (χ1v) is 7.27. The van der Waals surface area contributed by atoms with Gasteiger partial charge >= 0.3 is 0 Å². The fourth-order valence-corrected chi connectivity index (χ4v) is 2.82. The smallest absolute Gasteiger partial charge is 0.197 e. The summed E-state index contributed by atoms with van der Waals surface area (Å²) in [5.41, 5.74) is 1.38. The number of carbonyl (C=O) groups excluding carboxylic acids is 2. The summed E-state index contributed by atoms with van der Waals surface area (Å²) in [5, 5.41) is 8.95. The molecule has 1 aromatic carbocycles. The van der Waals surface area contributed by atoms with Crippen LogP contribution >= 0.6 is 11.6 Å². The maximum atomic E-state index is 12.5. The molecule has 1 N–H and O–H groups in total. The van der Waals surface area contributed by atoms with Gasteiger partial charge in [-0.05, 0) is 6.07 Å². The normalized spacial score (nSPS) is 13.2. The highest BCUT2D eigenvalue weighted by Crippen LogP contribution is 2.32. The summed E-state index contributed by atoms with van der Waals surface area (Å²) < 4.78 is 6.94. The maximum absolute atomic E-state index is 12.5. The van der Waals surface area contributed by atoms with Crippen molar-refractivity contribution < 1.29 is 19.4 Å². The number of benzene rings is 1. The van der Waals surface area contributed by atoms with Crippen LogP contribution in [0, 0.1) is 0 Å². The number of nitrogens with zero attached hydrogens (tertiary/aromatic N) is 1. The molecule has 0 aliphatic heterocycles. The summed E-state index contributed by atoms with van der Waals surface area (Å²) >= 11 is 6.07. The number of hydrogen-bond acceptors (Lipinski definition) is 4. The van der Waals surface area contributed by atoms with Crippen LogP contribution in [0.2, 0.25) is 5.02 Å². The van der Waals surface area contributed by atoms with Crippen LogP contribution in [0.1, 0.15) is 31.8 Å². The van der Waals surface area contributed by atoms with Crippen LogP contribution in [0.15, 0.2) is 30.6 Å². The molecule has 0 bridgehead atoms. The molecule has 0 fully saturated rings. The van der Waals surface area contributed by atoms with Gasteiger partial charge in [0.15, 0.2) is 11.6 Å². The zero-order valence-electron chi connectivity index (χ0n) is 11.7. The van der Waals surface area contributed by atoms with Gasteiger partial charge in [0.2, 0.25) is 0 Å². The number of aliphatic hydroxyl groups is 1. The van der Waals surface area contributed by atoms with E-state index in [0.717, 1.165) is 0 Å². The van der Waals surface area contributed by atoms with Crippen LogP contribution in [0.5, 0.6) is 0 Å². The summed E-state index contributed by atoms with van der Waals surface area (Å²) in [7, 11) is 0. The summed E-state index contributed by atoms with van der Waals surface area (Å²) in [6, 6.07) is 4.89. The molecule has 0 radical (unpaired) electrons. The highest BCUT2D eigenvalue weighted by Gasteiger charge is 2.32. The van der Waals surface area contributed by atoms with Crippen LogP contribution in [-0.2, 0) is 11.3 Å². The number of ketones is 2. The van der Waals surface area contributed by atoms with Gasteiger partial charge < -0.3 is 14.4 Å². The lowest BCUT2D eigenvalue weighted by Crippen LogP contribution is -2.19. The van der Waals surface area contributed by atoms with Gasteiger partial charge in [-0.1, -0.05) is 23.7 Å². The highest BCUT2D eigenvalue weighted by atomic mass is 35.5. The van der Waals surface area contributed by atoms with E-state index in [2.05, 4.69) is 0 Å². The molecule has 3 rings (SSSR count). The van der Waals surface area contributed by atoms with Gasteiger partial charge in [0, 0.05) is 24.5 Å². The SMILES string of the molecule is O=C1c2cn(CCOCCO)cc2C(=O)c2c(Cl)cccc21. The second kappa shape index (κ2) is 6.04. The molecular formula is C16H14ClNO4. The van der Waals surface area contributed by atoms with Crippen molar-refractivity contribution in [3.05, 3.63) is 57.9 Å². The van der Waals surface area contributed by atoms with E-state index >= 15 is 0 Å². The Bertz CT molecular complexity index is 751. The lowest BCUT2D eigenvalue weighted by Gasteiger charge is -2.14. The van der Waals surface area contributed by atoms with Gasteiger partial charge in [-0.2, -0.15) is 0 Å². The zero-order valence-corrected chi connectivity index (χ0v) is 12.5. The molecule has 22 heavy (non-hydrogen) atoms. The maximum Gasteiger partial charge on any atom is 0.197 e. The van der Waals surface area contributed by atoms with E-state index in [9.17, 15) is 9.59 Å². The van der Waals surface area contributed by atoms with E-state index in [1.807, 2.05) is 0 Å². The fraction of sp³-hybridized carbons (Fsp3) is 0.250. The minimum absolute atomic E-state index is 0.0348. The van der Waals surface area contributed by atoms with Gasteiger partial charge in [0.1, 0.15) is 0 Å². The summed E-state index contributed by atoms with van der Waals surface area (Å²) in [6.45, 7) is 1.12. The van der Waals surface area contributed by atoms with Crippen molar-refractivity contribution in [3.8, 4) is 0 Å². The third-order valence-electron chi connectivity index (χ3n) is 3.58. The molecule has 6 heteroatoms. The third-order valence-corrected chi connectivity index (χ3v) is 3.90. The number of ether oxygens (including phenoxy) is 1. The monoisotopic (exact) mass is 319 g/mol. The summed E-state index contributed by atoms with van der Waals surface area (Å²) in [4.78, 5) is 25.1. The molecule has 0 amide bonds. The van der Waals surface area contributed by atoms with E-state index in [1.54, 1.807) is 35.2 Å². The number of rotatable bonds is 5. The van der Waals surface area contributed by atoms with Crippen molar-refractivity contribution in [3.63, 3.8) is 0 Å². The first-order chi connectivity index (χ1) is 10.6. The van der Waals surface area contributed by atoms with Crippen LogP contribution in [-0.4, -0.2) is 41.1 Å². The van der Waals surface area contributed by atoms with Crippen molar-refractivity contribution in [1.29, 1.82) is 0 Å². The molecule has 0 unspecified atom stereocenters. The first-order valence-electron chi connectivity index (χ1n) is 6.89. The first kappa shape index (κ1) is 15.0. The number of carbonyl (C=O) groups is 2. The van der Waals surface area contributed by atoms with Crippen LogP contribution in [0.4, 0.5) is 0 Å². The lowest BCUT2D eigenvalue weighted by atomic mass is 9.87. The van der Waals surface area contributed by atoms with Crippen molar-refractivity contribution in [2.24, 2.45) is 0 Å². The predicted octanol–water partition coefficient (Wildman–Crippen LogP) is 1.93. The topological polar surface area (TPSA) is 68.5 Å². The highest BCUT2D eigenvalue weighted by molar-refractivity contribution is 6.39. The van der Waals surface area contributed by atoms with E-state index in [-0.39, 0.29) is 30.3 Å². The number of fused-ring (bicyclic) bond motifs is 2. The molecule has 1 heterocycles. The molecule has 0 atom stereocenters. The average Bonchev–Trinajstić information content (AvgIpc) is 2.94. The van der Waals surface area contributed by atoms with Gasteiger partial charge in [-0.15, -0.1) is 0 Å². The Morgan fingerprint density at radius 1 is 1.05 bits per heavy atom. The summed E-state index contributed by atoms with van der Waals surface area (Å²) in [6.07, 6.45) is 3.30. The molecule has 0 saturated carbocycles. The van der Waals surface area contributed by atoms with Crippen molar-refractivity contribution >= 4 is 23.2 Å². The minimum Gasteiger partial charge on any atom is -0.394 e. The molecule has 5 nitrogen and oxygen atoms in total. The Morgan fingerprint density at radius 3 is 2.50 bits per heavy atom. The largest absolute Gasteiger partial charge is 0.394 e. The lowest BCUT2D eigenvalue weighted by molar-refractivity contribution is 0.0870. The van der Waals surface area contributed by atoms with E-state index < -0.39 is 0 Å². The second-order valence-corrected chi connectivity index (χ2v) is 5.39. The van der Waals surface area contributed by atoms with Gasteiger partial charge in [-0.3, -0.25) is 9.59 Å². The molecule has 0 saturated heterocycles. The quantitative estimate of drug-likeness (QED) is 0.730. The minimum atomic E-state index is -0.231. The molecule has 2 aromatic rings. The Hall–Kier alpha value is -1.95. The Balaban J connectivity index is 1.91. The molecule has 0 spiro atoms. The van der Waals surface area contributed by atoms with E-state index in [1.165, 1.54) is 0 Å². The summed E-state index contributed by atoms with van der Waals surface area (Å²) in [5.74, 6) is -0.424. The molecule has 1 aromatic heterocycles. The third kappa shape index (κ3) is 2.47. The molecule has 1 aliphatic carbocycles. The average molecular weight is 320 g/mol. The van der Waals surface area contributed by atoms with Crippen LogP contribution in [0.25, 0.3) is 0 Å². The molecule has 1 aliphatic rings. The van der Waals surface area contributed by atoms with Crippen molar-refractivity contribution in [2.75, 3.05) is 19.8 Å². The Kier molecular flexibility index (Phi) is 4.11. The second-order valence-electron chi connectivity index (χ2n) is 4.98. The van der Waals surface area contributed by atoms with E-state index in [0.29, 0.717) is 34.9 Å². The number of aliphatic hydroxyl groups excluding tert-OH is 1. The van der Waals surface area contributed by atoms with Crippen LogP contribution in [0.3, 0.4) is 0 Å². The Morgan fingerprint density at radius 2 is 1.77 bits per heavy atom. The Labute approximate surface area is 132 Å². The number of aromatic nitrogens is 1. The molecular weight excluding hydrogens is 306 g/mol. The molecule has 114 valence electrons. The van der Waals surface area contributed by atoms with Crippen molar-refractivity contribution in [2.45, 2.75) is 6.54 Å². The van der Waals surface area contributed by atoms with Gasteiger partial charge in [-0.25, -0.2) is 0 Å². The number of hydrogen-bond donors (Lipinski definition) is 1. The van der Waals surface area contributed by atoms with Gasteiger partial charge in [0.05, 0.1) is 41.5 Å². The standard InChI is InChI=1S/C16H14ClNO4/c17-13-3-1-2-10-14(13)16(21)12-9-18(4-6-22-7-5-19)8-11(12)15(10)20/h1-3,8-9,19H,4-7H2.